The Morgan fingerprint density at radius 3 is 2.45 bits per heavy atom. The molecule has 2 aromatic carbocycles. The number of para-hydroxylation sites is 1. The highest BCUT2D eigenvalue weighted by atomic mass is 16.5. The Labute approximate surface area is 195 Å². The lowest BCUT2D eigenvalue weighted by atomic mass is 9.95. The minimum atomic E-state index is 0.0461. The Hall–Kier alpha value is -2.90. The van der Waals surface area contributed by atoms with Gasteiger partial charge < -0.3 is 20.7 Å². The molecule has 2 aliphatic heterocycles. The maximum absolute atomic E-state index is 13.0. The molecule has 7 nitrogen and oxygen atoms in total. The van der Waals surface area contributed by atoms with Crippen molar-refractivity contribution >= 4 is 17.5 Å². The van der Waals surface area contributed by atoms with Crippen molar-refractivity contribution in [2.24, 2.45) is 5.73 Å². The first-order valence-corrected chi connectivity index (χ1v) is 12.0. The number of anilines is 1. The van der Waals surface area contributed by atoms with Crippen LogP contribution >= 0.6 is 0 Å². The normalized spacial score (nSPS) is 18.5. The van der Waals surface area contributed by atoms with Crippen LogP contribution in [0, 0.1) is 0 Å². The van der Waals surface area contributed by atoms with E-state index in [-0.39, 0.29) is 17.9 Å². The van der Waals surface area contributed by atoms with Gasteiger partial charge in [0.25, 0.3) is 5.91 Å². The van der Waals surface area contributed by atoms with E-state index in [1.165, 1.54) is 0 Å². The van der Waals surface area contributed by atoms with Crippen molar-refractivity contribution in [3.05, 3.63) is 59.7 Å². The van der Waals surface area contributed by atoms with Gasteiger partial charge in [-0.25, -0.2) is 0 Å². The van der Waals surface area contributed by atoms with Gasteiger partial charge in [-0.1, -0.05) is 31.0 Å². The number of rotatable bonds is 9. The number of benzene rings is 2. The number of hydrogen-bond acceptors (Lipinski definition) is 5. The molecule has 33 heavy (non-hydrogen) atoms. The molecule has 176 valence electrons. The quantitative estimate of drug-likeness (QED) is 0.572. The Balaban J connectivity index is 1.27. The number of nitrogens with one attached hydrogen (secondary N) is 1. The molecular formula is C26H34N4O3. The molecule has 2 aromatic rings. The lowest BCUT2D eigenvalue weighted by Gasteiger charge is -2.41. The van der Waals surface area contributed by atoms with Crippen molar-refractivity contribution in [1.29, 1.82) is 0 Å². The van der Waals surface area contributed by atoms with E-state index in [9.17, 15) is 9.59 Å². The number of carbonyl (C=O) groups excluding carboxylic acids is 2. The van der Waals surface area contributed by atoms with Gasteiger partial charge in [-0.2, -0.15) is 0 Å². The van der Waals surface area contributed by atoms with Gasteiger partial charge in [0.05, 0.1) is 6.61 Å². The lowest BCUT2D eigenvalue weighted by Crippen LogP contribution is -2.50. The Morgan fingerprint density at radius 2 is 1.70 bits per heavy atom. The van der Waals surface area contributed by atoms with Crippen LogP contribution in [0.4, 0.5) is 5.69 Å². The molecule has 1 unspecified atom stereocenters. The molecule has 0 bridgehead atoms. The van der Waals surface area contributed by atoms with E-state index in [2.05, 4.69) is 16.3 Å². The Bertz CT molecular complexity index is 939. The number of fused-ring (bicyclic) bond motifs is 1. The second-order valence-electron chi connectivity index (χ2n) is 8.76. The molecule has 2 heterocycles. The van der Waals surface area contributed by atoms with Gasteiger partial charge in [0.1, 0.15) is 5.75 Å². The fourth-order valence-electron chi connectivity index (χ4n) is 4.62. The highest BCUT2D eigenvalue weighted by Gasteiger charge is 2.32. The molecule has 1 fully saturated rings. The zero-order valence-corrected chi connectivity index (χ0v) is 19.2. The summed E-state index contributed by atoms with van der Waals surface area (Å²) in [6.07, 6.45) is 4.80. The summed E-state index contributed by atoms with van der Waals surface area (Å²) in [5, 5.41) is 2.96. The maximum atomic E-state index is 13.0. The number of amides is 2. The van der Waals surface area contributed by atoms with Crippen molar-refractivity contribution in [1.82, 2.24) is 9.80 Å². The molecule has 2 amide bonds. The summed E-state index contributed by atoms with van der Waals surface area (Å²) in [5.74, 6) is 0.893. The predicted molar refractivity (Wildman–Crippen MR) is 129 cm³/mol. The summed E-state index contributed by atoms with van der Waals surface area (Å²) in [6.45, 7) is 4.24. The number of nitrogens with two attached hydrogens (primary N) is 1. The molecule has 0 aromatic heterocycles. The van der Waals surface area contributed by atoms with E-state index in [1.54, 1.807) is 0 Å². The summed E-state index contributed by atoms with van der Waals surface area (Å²) >= 11 is 0. The van der Waals surface area contributed by atoms with Crippen molar-refractivity contribution in [2.75, 3.05) is 44.6 Å². The molecule has 3 N–H and O–H groups in total. The van der Waals surface area contributed by atoms with Gasteiger partial charge in [-0.05, 0) is 55.3 Å². The minimum Gasteiger partial charge on any atom is -0.494 e. The third kappa shape index (κ3) is 5.92. The number of ether oxygens (including phenoxy) is 1. The van der Waals surface area contributed by atoms with Gasteiger partial charge in [0.2, 0.25) is 5.91 Å². The predicted octanol–water partition coefficient (Wildman–Crippen LogP) is 3.43. The SMILES string of the molecule is NCCCCCCOc1ccc(C(=O)N2CCN(C3CC(=O)Nc4ccccc43)CC2)cc1. The van der Waals surface area contributed by atoms with E-state index in [0.717, 1.165) is 62.3 Å². The third-order valence-electron chi connectivity index (χ3n) is 6.48. The molecule has 2 aliphatic rings. The smallest absolute Gasteiger partial charge is 0.253 e. The van der Waals surface area contributed by atoms with Crippen LogP contribution < -0.4 is 15.8 Å². The first-order valence-electron chi connectivity index (χ1n) is 12.0. The molecule has 0 saturated carbocycles. The Morgan fingerprint density at radius 1 is 0.970 bits per heavy atom. The fraction of sp³-hybridized carbons (Fsp3) is 0.462. The first kappa shape index (κ1) is 23.3. The topological polar surface area (TPSA) is 87.9 Å². The van der Waals surface area contributed by atoms with Crippen LogP contribution in [0.3, 0.4) is 0 Å². The molecule has 0 radical (unpaired) electrons. The summed E-state index contributed by atoms with van der Waals surface area (Å²) in [4.78, 5) is 29.4. The van der Waals surface area contributed by atoms with Crippen LogP contribution in [0.2, 0.25) is 0 Å². The number of piperazine rings is 1. The van der Waals surface area contributed by atoms with E-state index >= 15 is 0 Å². The first-order chi connectivity index (χ1) is 16.2. The summed E-state index contributed by atoms with van der Waals surface area (Å²) < 4.78 is 5.79. The maximum Gasteiger partial charge on any atom is 0.253 e. The zero-order valence-electron chi connectivity index (χ0n) is 19.2. The van der Waals surface area contributed by atoms with Crippen LogP contribution in [0.5, 0.6) is 5.75 Å². The monoisotopic (exact) mass is 450 g/mol. The van der Waals surface area contributed by atoms with Gasteiger partial charge in [0, 0.05) is 49.9 Å². The molecule has 1 saturated heterocycles. The molecular weight excluding hydrogens is 416 g/mol. The second-order valence-corrected chi connectivity index (χ2v) is 8.76. The Kier molecular flexibility index (Phi) is 7.96. The average molecular weight is 451 g/mol. The van der Waals surface area contributed by atoms with Crippen LogP contribution in [0.15, 0.2) is 48.5 Å². The highest BCUT2D eigenvalue weighted by Crippen LogP contribution is 2.35. The number of carbonyl (C=O) groups is 2. The van der Waals surface area contributed by atoms with Crippen LogP contribution in [0.25, 0.3) is 0 Å². The van der Waals surface area contributed by atoms with E-state index in [1.807, 2.05) is 47.4 Å². The highest BCUT2D eigenvalue weighted by molar-refractivity contribution is 5.95. The van der Waals surface area contributed by atoms with Gasteiger partial charge in [0.15, 0.2) is 0 Å². The summed E-state index contributed by atoms with van der Waals surface area (Å²) in [7, 11) is 0. The molecule has 0 spiro atoms. The van der Waals surface area contributed by atoms with Crippen molar-refractivity contribution in [2.45, 2.75) is 38.1 Å². The largest absolute Gasteiger partial charge is 0.494 e. The third-order valence-corrected chi connectivity index (χ3v) is 6.48. The number of unbranched alkanes of at least 4 members (excludes halogenated alkanes) is 3. The van der Waals surface area contributed by atoms with Crippen LogP contribution in [-0.2, 0) is 4.79 Å². The van der Waals surface area contributed by atoms with Gasteiger partial charge in [-0.3, -0.25) is 14.5 Å². The second kappa shape index (κ2) is 11.3. The van der Waals surface area contributed by atoms with Crippen molar-refractivity contribution < 1.29 is 14.3 Å². The zero-order chi connectivity index (χ0) is 23.0. The van der Waals surface area contributed by atoms with Crippen LogP contribution in [0.1, 0.15) is 54.1 Å². The minimum absolute atomic E-state index is 0.0461. The average Bonchev–Trinajstić information content (AvgIpc) is 2.85. The summed E-state index contributed by atoms with van der Waals surface area (Å²) in [6, 6.07) is 15.5. The number of nitrogens with zero attached hydrogens (tertiary/aromatic N) is 2. The van der Waals surface area contributed by atoms with Gasteiger partial charge in [-0.15, -0.1) is 0 Å². The molecule has 7 heteroatoms. The van der Waals surface area contributed by atoms with Crippen molar-refractivity contribution in [3.8, 4) is 5.75 Å². The van der Waals surface area contributed by atoms with Crippen LogP contribution in [-0.4, -0.2) is 60.9 Å². The summed E-state index contributed by atoms with van der Waals surface area (Å²) in [5.41, 5.74) is 8.25. The lowest BCUT2D eigenvalue weighted by molar-refractivity contribution is -0.118. The van der Waals surface area contributed by atoms with E-state index in [0.29, 0.717) is 31.7 Å². The molecule has 4 rings (SSSR count). The van der Waals surface area contributed by atoms with E-state index in [4.69, 9.17) is 10.5 Å². The van der Waals surface area contributed by atoms with Gasteiger partial charge >= 0.3 is 0 Å². The standard InChI is InChI=1S/C26H34N4O3/c27-13-5-1-2-6-18-33-21-11-9-20(10-12-21)26(32)30-16-14-29(15-17-30)24-19-25(31)28-23-8-4-3-7-22(23)24/h3-4,7-12,24H,1-2,5-6,13-19,27H2,(H,28,31). The number of hydrogen-bond donors (Lipinski definition) is 2. The fourth-order valence-corrected chi connectivity index (χ4v) is 4.62. The molecule has 0 aliphatic carbocycles. The van der Waals surface area contributed by atoms with E-state index < -0.39 is 0 Å². The molecule has 1 atom stereocenters. The van der Waals surface area contributed by atoms with Crippen molar-refractivity contribution in [3.63, 3.8) is 0 Å².